The Bertz CT molecular complexity index is 677. The molecule has 0 spiro atoms. The molecule has 110 valence electrons. The Hall–Kier alpha value is -1.68. The normalized spacial score (nSPS) is 18.2. The van der Waals surface area contributed by atoms with Crippen molar-refractivity contribution in [3.05, 3.63) is 51.0 Å². The summed E-state index contributed by atoms with van der Waals surface area (Å²) in [6.07, 6.45) is 2.75. The van der Waals surface area contributed by atoms with Gasteiger partial charge >= 0.3 is 0 Å². The first-order valence-corrected chi connectivity index (χ1v) is 8.15. The van der Waals surface area contributed by atoms with Crippen molar-refractivity contribution < 1.29 is 4.79 Å². The predicted molar refractivity (Wildman–Crippen MR) is 86.0 cm³/mol. The Labute approximate surface area is 129 Å². The lowest BCUT2D eigenvalue weighted by Crippen LogP contribution is -2.27. The number of aryl methyl sites for hydroxylation is 3. The van der Waals surface area contributed by atoms with Crippen molar-refractivity contribution in [2.45, 2.75) is 33.1 Å². The lowest BCUT2D eigenvalue weighted by Gasteiger charge is -2.17. The van der Waals surface area contributed by atoms with E-state index in [2.05, 4.69) is 37.0 Å². The average molecular weight is 300 g/mol. The molecule has 0 radical (unpaired) electrons. The topological polar surface area (TPSA) is 33.2 Å². The number of likely N-dealkylation sites (tertiary alicyclic amines) is 1. The van der Waals surface area contributed by atoms with E-state index in [1.807, 2.05) is 11.8 Å². The Morgan fingerprint density at radius 1 is 1.33 bits per heavy atom. The molecular formula is C17H20N2OS. The lowest BCUT2D eigenvalue weighted by atomic mass is 9.93. The maximum absolute atomic E-state index is 12.5. The molecule has 0 saturated carbocycles. The number of rotatable bonds is 2. The van der Waals surface area contributed by atoms with Crippen molar-refractivity contribution in [1.82, 2.24) is 9.88 Å². The Morgan fingerprint density at radius 2 is 2.14 bits per heavy atom. The molecule has 3 nitrogen and oxygen atoms in total. The van der Waals surface area contributed by atoms with Crippen LogP contribution in [0.25, 0.3) is 0 Å². The van der Waals surface area contributed by atoms with Crippen molar-refractivity contribution in [2.24, 2.45) is 0 Å². The maximum atomic E-state index is 12.5. The van der Waals surface area contributed by atoms with E-state index >= 15 is 0 Å². The van der Waals surface area contributed by atoms with E-state index in [1.54, 1.807) is 6.20 Å². The molecule has 0 unspecified atom stereocenters. The highest BCUT2D eigenvalue weighted by Gasteiger charge is 2.29. The first-order valence-electron chi connectivity index (χ1n) is 7.33. The third-order valence-corrected chi connectivity index (χ3v) is 5.07. The number of nitrogens with zero attached hydrogens (tertiary/aromatic N) is 2. The fraction of sp³-hybridized carbons (Fsp3) is 0.412. The number of hydrogen-bond donors (Lipinski definition) is 0. The quantitative estimate of drug-likeness (QED) is 0.847. The van der Waals surface area contributed by atoms with Crippen LogP contribution in [0.4, 0.5) is 0 Å². The van der Waals surface area contributed by atoms with Crippen molar-refractivity contribution in [2.75, 3.05) is 13.1 Å². The molecule has 2 heterocycles. The summed E-state index contributed by atoms with van der Waals surface area (Å²) in [6.45, 7) is 7.88. The van der Waals surface area contributed by atoms with Crippen molar-refractivity contribution >= 4 is 17.2 Å². The molecule has 1 saturated heterocycles. The number of thiazole rings is 1. The van der Waals surface area contributed by atoms with Gasteiger partial charge in [0.25, 0.3) is 5.91 Å². The van der Waals surface area contributed by atoms with E-state index in [0.29, 0.717) is 5.92 Å². The summed E-state index contributed by atoms with van der Waals surface area (Å²) in [5, 5.41) is 0.948. The average Bonchev–Trinajstić information content (AvgIpc) is 3.07. The van der Waals surface area contributed by atoms with Crippen molar-refractivity contribution in [1.29, 1.82) is 0 Å². The van der Waals surface area contributed by atoms with E-state index in [0.717, 1.165) is 29.4 Å². The van der Waals surface area contributed by atoms with Gasteiger partial charge in [-0.2, -0.15) is 0 Å². The zero-order valence-electron chi connectivity index (χ0n) is 12.7. The number of hydrogen-bond acceptors (Lipinski definition) is 3. The van der Waals surface area contributed by atoms with Crippen molar-refractivity contribution in [3.8, 4) is 0 Å². The van der Waals surface area contributed by atoms with E-state index in [4.69, 9.17) is 0 Å². The van der Waals surface area contributed by atoms with Gasteiger partial charge in [-0.3, -0.25) is 4.79 Å². The monoisotopic (exact) mass is 300 g/mol. The minimum absolute atomic E-state index is 0.132. The van der Waals surface area contributed by atoms with Crippen LogP contribution in [0.15, 0.2) is 24.4 Å². The van der Waals surface area contributed by atoms with Gasteiger partial charge in [-0.25, -0.2) is 4.98 Å². The molecule has 1 aromatic carbocycles. The molecule has 2 aromatic rings. The van der Waals surface area contributed by atoms with Gasteiger partial charge in [0, 0.05) is 19.0 Å². The van der Waals surface area contributed by atoms with Crippen LogP contribution in [-0.2, 0) is 0 Å². The maximum Gasteiger partial charge on any atom is 0.265 e. The fourth-order valence-corrected chi connectivity index (χ4v) is 3.84. The molecule has 1 fully saturated rings. The summed E-state index contributed by atoms with van der Waals surface area (Å²) >= 11 is 1.48. The zero-order chi connectivity index (χ0) is 15.0. The molecule has 1 aromatic heterocycles. The number of benzene rings is 1. The van der Waals surface area contributed by atoms with E-state index in [-0.39, 0.29) is 5.91 Å². The minimum Gasteiger partial charge on any atom is -0.337 e. The summed E-state index contributed by atoms with van der Waals surface area (Å²) in [4.78, 5) is 19.4. The Morgan fingerprint density at radius 3 is 2.81 bits per heavy atom. The first-order chi connectivity index (χ1) is 10.0. The Kier molecular flexibility index (Phi) is 3.81. The molecule has 3 rings (SSSR count). The van der Waals surface area contributed by atoms with Gasteiger partial charge in [-0.05, 0) is 38.3 Å². The molecule has 4 heteroatoms. The largest absolute Gasteiger partial charge is 0.337 e. The molecule has 0 bridgehead atoms. The second kappa shape index (κ2) is 5.60. The fourth-order valence-electron chi connectivity index (χ4n) is 3.10. The smallest absolute Gasteiger partial charge is 0.265 e. The zero-order valence-corrected chi connectivity index (χ0v) is 13.5. The molecule has 1 amide bonds. The summed E-state index contributed by atoms with van der Waals surface area (Å²) in [6, 6.07) is 6.62. The summed E-state index contributed by atoms with van der Waals surface area (Å²) < 4.78 is 0. The van der Waals surface area contributed by atoms with Crippen LogP contribution in [0.5, 0.6) is 0 Å². The predicted octanol–water partition coefficient (Wildman–Crippen LogP) is 3.70. The SMILES string of the molecule is Cc1ccc([C@@H]2CCN(C(=O)c3cnc(C)s3)C2)c(C)c1. The highest BCUT2D eigenvalue weighted by atomic mass is 32.1. The van der Waals surface area contributed by atoms with Crippen LogP contribution in [0, 0.1) is 20.8 Å². The van der Waals surface area contributed by atoms with Crippen LogP contribution in [-0.4, -0.2) is 28.9 Å². The molecule has 1 aliphatic heterocycles. The van der Waals surface area contributed by atoms with Crippen LogP contribution < -0.4 is 0 Å². The van der Waals surface area contributed by atoms with Crippen molar-refractivity contribution in [3.63, 3.8) is 0 Å². The van der Waals surface area contributed by atoms with Gasteiger partial charge < -0.3 is 4.90 Å². The second-order valence-electron chi connectivity index (χ2n) is 5.84. The summed E-state index contributed by atoms with van der Waals surface area (Å²) in [5.41, 5.74) is 4.02. The highest BCUT2D eigenvalue weighted by Crippen LogP contribution is 2.31. The molecular weight excluding hydrogens is 280 g/mol. The number of carbonyl (C=O) groups is 1. The standard InChI is InChI=1S/C17H20N2OS/c1-11-4-5-15(12(2)8-11)14-6-7-19(10-14)17(20)16-9-18-13(3)21-16/h4-5,8-9,14H,6-7,10H2,1-3H3/t14-/m1/s1. The van der Waals surface area contributed by atoms with Crippen LogP contribution in [0.2, 0.25) is 0 Å². The van der Waals surface area contributed by atoms with Gasteiger partial charge in [0.15, 0.2) is 0 Å². The van der Waals surface area contributed by atoms with E-state index in [9.17, 15) is 4.79 Å². The van der Waals surface area contributed by atoms with Crippen LogP contribution >= 0.6 is 11.3 Å². The molecule has 0 aliphatic carbocycles. The van der Waals surface area contributed by atoms with E-state index < -0.39 is 0 Å². The van der Waals surface area contributed by atoms with Gasteiger partial charge in [-0.15, -0.1) is 11.3 Å². The second-order valence-corrected chi connectivity index (χ2v) is 7.08. The third-order valence-electron chi connectivity index (χ3n) is 4.17. The Balaban J connectivity index is 1.74. The van der Waals surface area contributed by atoms with Crippen LogP contribution in [0.1, 0.15) is 43.7 Å². The third kappa shape index (κ3) is 2.86. The molecule has 0 N–H and O–H groups in total. The summed E-state index contributed by atoms with van der Waals surface area (Å²) in [7, 11) is 0. The van der Waals surface area contributed by atoms with Gasteiger partial charge in [0.05, 0.1) is 11.2 Å². The van der Waals surface area contributed by atoms with Gasteiger partial charge in [-0.1, -0.05) is 23.8 Å². The molecule has 21 heavy (non-hydrogen) atoms. The molecule has 1 aliphatic rings. The lowest BCUT2D eigenvalue weighted by molar-refractivity contribution is 0.0795. The number of aromatic nitrogens is 1. The summed E-state index contributed by atoms with van der Waals surface area (Å²) in [5.74, 6) is 0.594. The van der Waals surface area contributed by atoms with Crippen LogP contribution in [0.3, 0.4) is 0 Å². The number of amides is 1. The minimum atomic E-state index is 0.132. The highest BCUT2D eigenvalue weighted by molar-refractivity contribution is 7.13. The van der Waals surface area contributed by atoms with Gasteiger partial charge in [0.1, 0.15) is 4.88 Å². The molecule has 1 atom stereocenters. The first kappa shape index (κ1) is 14.3. The van der Waals surface area contributed by atoms with E-state index in [1.165, 1.54) is 28.0 Å². The number of carbonyl (C=O) groups excluding carboxylic acids is 1. The van der Waals surface area contributed by atoms with Gasteiger partial charge in [0.2, 0.25) is 0 Å².